The van der Waals surface area contributed by atoms with E-state index in [4.69, 9.17) is 4.74 Å². The van der Waals surface area contributed by atoms with Gasteiger partial charge >= 0.3 is 0 Å². The lowest BCUT2D eigenvalue weighted by molar-refractivity contribution is -0.129. The molecular formula is C16H33NO. The summed E-state index contributed by atoms with van der Waals surface area (Å²) in [6.45, 7) is 13.6. The minimum absolute atomic E-state index is 0.354. The van der Waals surface area contributed by atoms with Gasteiger partial charge in [0.1, 0.15) is 0 Å². The summed E-state index contributed by atoms with van der Waals surface area (Å²) in [6, 6.07) is 0.664. The maximum atomic E-state index is 6.11. The summed E-state index contributed by atoms with van der Waals surface area (Å²) in [5.41, 5.74) is 0.354. The molecule has 2 heteroatoms. The van der Waals surface area contributed by atoms with Gasteiger partial charge in [0.25, 0.3) is 0 Å². The molecule has 0 bridgehead atoms. The van der Waals surface area contributed by atoms with Crippen LogP contribution in [0.4, 0.5) is 0 Å². The zero-order valence-electron chi connectivity index (χ0n) is 13.1. The quantitative estimate of drug-likeness (QED) is 0.629. The average Bonchev–Trinajstić information content (AvgIpc) is 2.34. The van der Waals surface area contributed by atoms with Crippen LogP contribution in [-0.2, 0) is 4.74 Å². The molecular weight excluding hydrogens is 222 g/mol. The Morgan fingerprint density at radius 1 is 1.33 bits per heavy atom. The van der Waals surface area contributed by atoms with E-state index in [0.29, 0.717) is 17.6 Å². The van der Waals surface area contributed by atoms with Crippen LogP contribution in [0.5, 0.6) is 0 Å². The van der Waals surface area contributed by atoms with Crippen molar-refractivity contribution in [2.75, 3.05) is 13.2 Å². The zero-order chi connectivity index (χ0) is 13.6. The summed E-state index contributed by atoms with van der Waals surface area (Å²) >= 11 is 0. The Hall–Kier alpha value is -0.0800. The molecule has 0 spiro atoms. The third-order valence-corrected chi connectivity index (χ3v) is 4.63. The number of hydrogen-bond donors (Lipinski definition) is 1. The molecule has 1 N–H and O–H groups in total. The molecule has 1 aliphatic rings. The standard InChI is InChI=1S/C16H33NO/c1-6-10-17-14-12-15(16(14,5)7-2)18-11-8-9-13(3)4/h13-15,17H,6-12H2,1-5H3. The van der Waals surface area contributed by atoms with Crippen molar-refractivity contribution in [1.29, 1.82) is 0 Å². The minimum atomic E-state index is 0.354. The van der Waals surface area contributed by atoms with Gasteiger partial charge in [-0.3, -0.25) is 0 Å². The molecule has 3 unspecified atom stereocenters. The van der Waals surface area contributed by atoms with Crippen LogP contribution in [0.3, 0.4) is 0 Å². The van der Waals surface area contributed by atoms with Crippen LogP contribution >= 0.6 is 0 Å². The molecule has 1 aliphatic carbocycles. The Balaban J connectivity index is 2.26. The predicted molar refractivity (Wildman–Crippen MR) is 78.9 cm³/mol. The van der Waals surface area contributed by atoms with Gasteiger partial charge in [-0.05, 0) is 44.6 Å². The summed E-state index contributed by atoms with van der Waals surface area (Å²) < 4.78 is 6.11. The lowest BCUT2D eigenvalue weighted by atomic mass is 9.61. The van der Waals surface area contributed by atoms with Crippen LogP contribution in [0.25, 0.3) is 0 Å². The maximum Gasteiger partial charge on any atom is 0.0658 e. The predicted octanol–water partition coefficient (Wildman–Crippen LogP) is 4.00. The van der Waals surface area contributed by atoms with E-state index in [9.17, 15) is 0 Å². The van der Waals surface area contributed by atoms with Crippen LogP contribution in [0.15, 0.2) is 0 Å². The van der Waals surface area contributed by atoms with E-state index in [-0.39, 0.29) is 0 Å². The van der Waals surface area contributed by atoms with E-state index in [2.05, 4.69) is 39.9 Å². The summed E-state index contributed by atoms with van der Waals surface area (Å²) in [6.07, 6.45) is 6.60. The second kappa shape index (κ2) is 7.49. The van der Waals surface area contributed by atoms with Crippen LogP contribution in [0.2, 0.25) is 0 Å². The van der Waals surface area contributed by atoms with Gasteiger partial charge in [-0.25, -0.2) is 0 Å². The number of ether oxygens (including phenoxy) is 1. The highest BCUT2D eigenvalue weighted by atomic mass is 16.5. The molecule has 2 nitrogen and oxygen atoms in total. The van der Waals surface area contributed by atoms with Crippen molar-refractivity contribution in [2.45, 2.75) is 78.9 Å². The van der Waals surface area contributed by atoms with Gasteiger partial charge in [-0.2, -0.15) is 0 Å². The molecule has 1 rings (SSSR count). The first-order chi connectivity index (χ1) is 8.54. The average molecular weight is 255 g/mol. The largest absolute Gasteiger partial charge is 0.378 e. The van der Waals surface area contributed by atoms with Gasteiger partial charge in [0.2, 0.25) is 0 Å². The second-order valence-corrected chi connectivity index (χ2v) is 6.50. The molecule has 1 saturated carbocycles. The highest BCUT2D eigenvalue weighted by Gasteiger charge is 2.50. The molecule has 0 amide bonds. The Morgan fingerprint density at radius 2 is 2.06 bits per heavy atom. The summed E-state index contributed by atoms with van der Waals surface area (Å²) in [7, 11) is 0. The molecule has 3 atom stereocenters. The Morgan fingerprint density at radius 3 is 2.61 bits per heavy atom. The minimum Gasteiger partial charge on any atom is -0.378 e. The van der Waals surface area contributed by atoms with Gasteiger partial charge in [0, 0.05) is 18.1 Å². The Labute approximate surface area is 114 Å². The SMILES string of the molecule is CCCNC1CC(OCCCC(C)C)C1(C)CC. The van der Waals surface area contributed by atoms with E-state index in [1.807, 2.05) is 0 Å². The molecule has 0 saturated heterocycles. The van der Waals surface area contributed by atoms with Gasteiger partial charge in [0.15, 0.2) is 0 Å². The van der Waals surface area contributed by atoms with Crippen molar-refractivity contribution in [2.24, 2.45) is 11.3 Å². The highest BCUT2D eigenvalue weighted by molar-refractivity contribution is 5.04. The van der Waals surface area contributed by atoms with Crippen molar-refractivity contribution in [1.82, 2.24) is 5.32 Å². The van der Waals surface area contributed by atoms with E-state index >= 15 is 0 Å². The zero-order valence-corrected chi connectivity index (χ0v) is 13.1. The van der Waals surface area contributed by atoms with E-state index < -0.39 is 0 Å². The fraction of sp³-hybridized carbons (Fsp3) is 1.00. The van der Waals surface area contributed by atoms with Gasteiger partial charge < -0.3 is 10.1 Å². The van der Waals surface area contributed by atoms with Crippen molar-refractivity contribution < 1.29 is 4.74 Å². The molecule has 0 aromatic heterocycles. The van der Waals surface area contributed by atoms with Crippen molar-refractivity contribution in [3.63, 3.8) is 0 Å². The summed E-state index contributed by atoms with van der Waals surface area (Å²) in [5, 5.41) is 3.67. The van der Waals surface area contributed by atoms with Crippen LogP contribution in [0, 0.1) is 11.3 Å². The number of nitrogens with one attached hydrogen (secondary N) is 1. The highest BCUT2D eigenvalue weighted by Crippen LogP contribution is 2.45. The molecule has 1 fully saturated rings. The first-order valence-corrected chi connectivity index (χ1v) is 7.89. The first kappa shape index (κ1) is 16.0. The molecule has 0 heterocycles. The first-order valence-electron chi connectivity index (χ1n) is 7.89. The normalized spacial score (nSPS) is 31.7. The topological polar surface area (TPSA) is 21.3 Å². The maximum absolute atomic E-state index is 6.11. The van der Waals surface area contributed by atoms with Gasteiger partial charge in [-0.1, -0.05) is 34.6 Å². The van der Waals surface area contributed by atoms with E-state index in [1.54, 1.807) is 0 Å². The third-order valence-electron chi connectivity index (χ3n) is 4.63. The van der Waals surface area contributed by atoms with E-state index in [0.717, 1.165) is 19.1 Å². The summed E-state index contributed by atoms with van der Waals surface area (Å²) in [4.78, 5) is 0. The molecule has 18 heavy (non-hydrogen) atoms. The van der Waals surface area contributed by atoms with Crippen molar-refractivity contribution in [3.05, 3.63) is 0 Å². The lowest BCUT2D eigenvalue weighted by Gasteiger charge is -2.54. The number of hydrogen-bond acceptors (Lipinski definition) is 2. The van der Waals surface area contributed by atoms with Gasteiger partial charge in [-0.15, -0.1) is 0 Å². The fourth-order valence-electron chi connectivity index (χ4n) is 2.90. The van der Waals surface area contributed by atoms with Crippen molar-refractivity contribution in [3.8, 4) is 0 Å². The second-order valence-electron chi connectivity index (χ2n) is 6.50. The van der Waals surface area contributed by atoms with Crippen LogP contribution in [0.1, 0.15) is 66.7 Å². The Bertz CT molecular complexity index is 229. The third kappa shape index (κ3) is 3.96. The molecule has 0 aromatic carbocycles. The van der Waals surface area contributed by atoms with Crippen LogP contribution < -0.4 is 5.32 Å². The smallest absolute Gasteiger partial charge is 0.0658 e. The molecule has 0 aliphatic heterocycles. The van der Waals surface area contributed by atoms with Gasteiger partial charge in [0.05, 0.1) is 6.10 Å². The van der Waals surface area contributed by atoms with E-state index in [1.165, 1.54) is 32.1 Å². The molecule has 0 aromatic rings. The van der Waals surface area contributed by atoms with Crippen LogP contribution in [-0.4, -0.2) is 25.3 Å². The Kier molecular flexibility index (Phi) is 6.65. The number of rotatable bonds is 9. The fourth-order valence-corrected chi connectivity index (χ4v) is 2.90. The monoisotopic (exact) mass is 255 g/mol. The van der Waals surface area contributed by atoms with Crippen molar-refractivity contribution >= 4 is 0 Å². The molecule has 108 valence electrons. The summed E-state index contributed by atoms with van der Waals surface area (Å²) in [5.74, 6) is 0.798. The molecule has 0 radical (unpaired) electrons. The lowest BCUT2D eigenvalue weighted by Crippen LogP contribution is -2.62.